The van der Waals surface area contributed by atoms with Crippen LogP contribution < -0.4 is 4.74 Å². The van der Waals surface area contributed by atoms with Crippen LogP contribution in [0, 0.1) is 12.8 Å². The first-order valence-electron chi connectivity index (χ1n) is 10.0. The van der Waals surface area contributed by atoms with Gasteiger partial charge in [0.2, 0.25) is 5.88 Å². The molecule has 2 bridgehead atoms. The molecule has 2 saturated heterocycles. The van der Waals surface area contributed by atoms with Crippen molar-refractivity contribution in [3.05, 3.63) is 58.7 Å². The lowest BCUT2D eigenvalue weighted by Crippen LogP contribution is -2.59. The fourth-order valence-corrected chi connectivity index (χ4v) is 4.66. The third-order valence-corrected chi connectivity index (χ3v) is 6.27. The van der Waals surface area contributed by atoms with Gasteiger partial charge < -0.3 is 9.64 Å². The first kappa shape index (κ1) is 19.2. The van der Waals surface area contributed by atoms with E-state index in [0.717, 1.165) is 36.0 Å². The number of halogens is 1. The zero-order valence-electron chi connectivity index (χ0n) is 16.5. The predicted octanol–water partition coefficient (Wildman–Crippen LogP) is 3.20. The molecule has 5 heterocycles. The summed E-state index contributed by atoms with van der Waals surface area (Å²) in [7, 11) is 0. The molecule has 3 fully saturated rings. The van der Waals surface area contributed by atoms with E-state index < -0.39 is 0 Å². The smallest absolute Gasteiger partial charge is 0.275 e. The van der Waals surface area contributed by atoms with Crippen molar-refractivity contribution < 1.29 is 9.53 Å². The van der Waals surface area contributed by atoms with Gasteiger partial charge in [-0.2, -0.15) is 10.2 Å². The Labute approximate surface area is 182 Å². The van der Waals surface area contributed by atoms with Crippen LogP contribution in [0.1, 0.15) is 35.4 Å². The Kier molecular flexibility index (Phi) is 4.98. The van der Waals surface area contributed by atoms with Crippen LogP contribution in [-0.4, -0.2) is 54.5 Å². The molecular weight excluding hydrogens is 448 g/mol. The van der Waals surface area contributed by atoms with Gasteiger partial charge in [0.15, 0.2) is 5.69 Å². The van der Waals surface area contributed by atoms with E-state index >= 15 is 0 Å². The molecule has 0 N–H and O–H groups in total. The number of amides is 1. The van der Waals surface area contributed by atoms with Gasteiger partial charge in [0.25, 0.3) is 5.91 Å². The van der Waals surface area contributed by atoms with Gasteiger partial charge in [-0.25, -0.2) is 9.97 Å². The number of rotatable bonds is 4. The zero-order chi connectivity index (χ0) is 20.7. The van der Waals surface area contributed by atoms with Crippen LogP contribution in [0.5, 0.6) is 5.88 Å². The molecule has 0 radical (unpaired) electrons. The molecule has 0 spiro atoms. The Hall–Kier alpha value is -2.81. The number of carbonyl (C=O) groups excluding carboxylic acids is 1. The lowest BCUT2D eigenvalue weighted by molar-refractivity contribution is -0.0316. The summed E-state index contributed by atoms with van der Waals surface area (Å²) in [5, 5.41) is 8.38. The summed E-state index contributed by atoms with van der Waals surface area (Å²) >= 11 is 3.40. The third-order valence-electron chi connectivity index (χ3n) is 5.80. The molecule has 8 nitrogen and oxygen atoms in total. The van der Waals surface area contributed by atoms with Crippen molar-refractivity contribution in [3.63, 3.8) is 0 Å². The van der Waals surface area contributed by atoms with Gasteiger partial charge >= 0.3 is 0 Å². The minimum atomic E-state index is -0.0993. The maximum absolute atomic E-state index is 13.6. The number of piperidine rings is 2. The molecule has 6 rings (SSSR count). The Balaban J connectivity index is 1.44. The van der Waals surface area contributed by atoms with Crippen LogP contribution in [0.3, 0.4) is 0 Å². The van der Waals surface area contributed by atoms with Crippen molar-refractivity contribution in [2.24, 2.45) is 5.92 Å². The van der Waals surface area contributed by atoms with Crippen LogP contribution in [0.25, 0.3) is 5.69 Å². The molecule has 9 heteroatoms. The average molecular weight is 469 g/mol. The van der Waals surface area contributed by atoms with Crippen LogP contribution >= 0.6 is 15.9 Å². The molecule has 3 aromatic heterocycles. The van der Waals surface area contributed by atoms with Gasteiger partial charge in [0.05, 0.1) is 18.4 Å². The molecule has 30 heavy (non-hydrogen) atoms. The second-order valence-electron chi connectivity index (χ2n) is 7.81. The normalized spacial score (nSPS) is 22.9. The zero-order valence-corrected chi connectivity index (χ0v) is 18.1. The van der Waals surface area contributed by atoms with E-state index in [4.69, 9.17) is 4.74 Å². The van der Waals surface area contributed by atoms with Gasteiger partial charge in [-0.05, 0) is 66.2 Å². The highest BCUT2D eigenvalue weighted by atomic mass is 79.9. The summed E-state index contributed by atoms with van der Waals surface area (Å²) in [6.07, 6.45) is 7.78. The Morgan fingerprint density at radius 2 is 2.00 bits per heavy atom. The molecule has 0 unspecified atom stereocenters. The SMILES string of the molecule is Cc1ccc(-n2nccn2)c(C(=O)N2C[C@@H]3CC[C@H]2[C@H](Oc2ccc(Br)cn2)C3)n1. The van der Waals surface area contributed by atoms with E-state index in [9.17, 15) is 4.79 Å². The highest BCUT2D eigenvalue weighted by Crippen LogP contribution is 2.38. The predicted molar refractivity (Wildman–Crippen MR) is 112 cm³/mol. The lowest BCUT2D eigenvalue weighted by Gasteiger charge is -2.49. The molecule has 1 amide bonds. The Morgan fingerprint density at radius 3 is 2.73 bits per heavy atom. The van der Waals surface area contributed by atoms with Crippen LogP contribution in [0.2, 0.25) is 0 Å². The maximum Gasteiger partial charge on any atom is 0.275 e. The highest BCUT2D eigenvalue weighted by molar-refractivity contribution is 9.10. The lowest BCUT2D eigenvalue weighted by atomic mass is 9.77. The summed E-state index contributed by atoms with van der Waals surface area (Å²) in [5.74, 6) is 0.895. The van der Waals surface area contributed by atoms with Gasteiger partial charge in [0, 0.05) is 29.0 Å². The number of aromatic nitrogens is 5. The van der Waals surface area contributed by atoms with Crippen molar-refractivity contribution in [1.29, 1.82) is 0 Å². The summed E-state index contributed by atoms with van der Waals surface area (Å²) in [6.45, 7) is 2.60. The summed E-state index contributed by atoms with van der Waals surface area (Å²) in [4.78, 5) is 25.9. The fourth-order valence-electron chi connectivity index (χ4n) is 4.42. The van der Waals surface area contributed by atoms with Crippen molar-refractivity contribution in [1.82, 2.24) is 29.9 Å². The summed E-state index contributed by atoms with van der Waals surface area (Å²) in [5.41, 5.74) is 1.74. The van der Waals surface area contributed by atoms with Gasteiger partial charge in [-0.1, -0.05) is 0 Å². The standard InChI is InChI=1S/C21H21BrN6O2/c1-13-2-5-17(28-24-8-9-25-28)20(26-13)21(29)27-12-14-3-6-16(27)18(10-14)30-19-7-4-15(22)11-23-19/h2,4-5,7-9,11,14,16,18H,3,6,10,12H2,1H3/t14-,16+,18-/m1/s1. The summed E-state index contributed by atoms with van der Waals surface area (Å²) < 4.78 is 7.12. The molecular formula is C21H21BrN6O2. The summed E-state index contributed by atoms with van der Waals surface area (Å²) in [6, 6.07) is 7.46. The molecule has 3 aromatic rings. The van der Waals surface area contributed by atoms with Crippen molar-refractivity contribution >= 4 is 21.8 Å². The molecule has 1 aliphatic carbocycles. The number of carbonyl (C=O) groups is 1. The average Bonchev–Trinajstić information content (AvgIpc) is 3.30. The quantitative estimate of drug-likeness (QED) is 0.584. The second-order valence-corrected chi connectivity index (χ2v) is 8.73. The van der Waals surface area contributed by atoms with Crippen LogP contribution in [0.4, 0.5) is 0 Å². The molecule has 3 aliphatic rings. The Morgan fingerprint density at radius 1 is 1.17 bits per heavy atom. The number of hydrogen-bond donors (Lipinski definition) is 0. The minimum absolute atomic E-state index is 0.00584. The number of nitrogens with zero attached hydrogens (tertiary/aromatic N) is 6. The van der Waals surface area contributed by atoms with E-state index in [2.05, 4.69) is 36.1 Å². The highest BCUT2D eigenvalue weighted by Gasteiger charge is 2.45. The van der Waals surface area contributed by atoms with E-state index in [1.807, 2.05) is 36.1 Å². The monoisotopic (exact) mass is 468 g/mol. The number of ether oxygens (including phenoxy) is 1. The van der Waals surface area contributed by atoms with Crippen molar-refractivity contribution in [2.75, 3.05) is 6.54 Å². The van der Waals surface area contributed by atoms with Gasteiger partial charge in [0.1, 0.15) is 11.8 Å². The van der Waals surface area contributed by atoms with Crippen molar-refractivity contribution in [3.8, 4) is 11.6 Å². The van der Waals surface area contributed by atoms with Crippen LogP contribution in [-0.2, 0) is 0 Å². The van der Waals surface area contributed by atoms with E-state index in [0.29, 0.717) is 23.2 Å². The third kappa shape index (κ3) is 3.58. The number of fused-ring (bicyclic) bond motifs is 3. The largest absolute Gasteiger partial charge is 0.472 e. The molecule has 3 atom stereocenters. The van der Waals surface area contributed by atoms with E-state index in [1.54, 1.807) is 18.6 Å². The number of aryl methyl sites for hydroxylation is 1. The van der Waals surface area contributed by atoms with Gasteiger partial charge in [-0.15, -0.1) is 4.80 Å². The topological polar surface area (TPSA) is 86.0 Å². The molecule has 2 aliphatic heterocycles. The Bertz CT molecular complexity index is 1060. The van der Waals surface area contributed by atoms with Gasteiger partial charge in [-0.3, -0.25) is 4.79 Å². The molecule has 154 valence electrons. The first-order chi connectivity index (χ1) is 14.6. The molecule has 1 saturated carbocycles. The van der Waals surface area contributed by atoms with Crippen molar-refractivity contribution in [2.45, 2.75) is 38.3 Å². The minimum Gasteiger partial charge on any atom is -0.472 e. The fraction of sp³-hybridized carbons (Fsp3) is 0.381. The van der Waals surface area contributed by atoms with E-state index in [-0.39, 0.29) is 18.1 Å². The number of pyridine rings is 2. The maximum atomic E-state index is 13.6. The van der Waals surface area contributed by atoms with Crippen LogP contribution in [0.15, 0.2) is 47.3 Å². The first-order valence-corrected chi connectivity index (χ1v) is 10.8. The van der Waals surface area contributed by atoms with E-state index in [1.165, 1.54) is 4.80 Å². The molecule has 0 aromatic carbocycles. The number of hydrogen-bond acceptors (Lipinski definition) is 6. The second kappa shape index (κ2) is 7.79.